The van der Waals surface area contributed by atoms with Crippen molar-refractivity contribution in [2.75, 3.05) is 12.8 Å². The SMILES string of the molecule is C/C=N\OCc1ccccc1/C(=N\OC)c1nc(N)n[nH]1. The van der Waals surface area contributed by atoms with E-state index in [1.54, 1.807) is 13.1 Å². The van der Waals surface area contributed by atoms with Crippen LogP contribution in [0, 0.1) is 0 Å². The van der Waals surface area contributed by atoms with Crippen LogP contribution in [0.3, 0.4) is 0 Å². The molecule has 2 rings (SSSR count). The van der Waals surface area contributed by atoms with Crippen molar-refractivity contribution in [3.05, 3.63) is 41.2 Å². The topological polar surface area (TPSA) is 111 Å². The van der Waals surface area contributed by atoms with Gasteiger partial charge in [0.05, 0.1) is 0 Å². The summed E-state index contributed by atoms with van der Waals surface area (Å²) in [6.07, 6.45) is 1.57. The average Bonchev–Trinajstić information content (AvgIpc) is 2.92. The van der Waals surface area contributed by atoms with Gasteiger partial charge >= 0.3 is 0 Å². The second-order valence-electron chi connectivity index (χ2n) is 3.96. The highest BCUT2D eigenvalue weighted by Gasteiger charge is 2.16. The van der Waals surface area contributed by atoms with Crippen LogP contribution in [-0.4, -0.2) is 34.2 Å². The van der Waals surface area contributed by atoms with Crippen molar-refractivity contribution in [2.45, 2.75) is 13.5 Å². The summed E-state index contributed by atoms with van der Waals surface area (Å²) in [6.45, 7) is 2.08. The lowest BCUT2D eigenvalue weighted by Crippen LogP contribution is -2.10. The number of anilines is 1. The Morgan fingerprint density at radius 1 is 1.43 bits per heavy atom. The summed E-state index contributed by atoms with van der Waals surface area (Å²) in [7, 11) is 1.46. The molecular weight excluding hydrogens is 272 g/mol. The van der Waals surface area contributed by atoms with Crippen LogP contribution in [0.25, 0.3) is 0 Å². The van der Waals surface area contributed by atoms with Gasteiger partial charge in [-0.05, 0) is 6.92 Å². The molecule has 2 aromatic rings. The number of H-pyrrole nitrogens is 1. The number of oxime groups is 2. The number of benzene rings is 1. The molecule has 110 valence electrons. The number of hydrogen-bond acceptors (Lipinski definition) is 7. The van der Waals surface area contributed by atoms with E-state index in [4.69, 9.17) is 15.4 Å². The second-order valence-corrected chi connectivity index (χ2v) is 3.96. The number of nitrogen functional groups attached to an aromatic ring is 1. The number of aromatic amines is 1. The summed E-state index contributed by atoms with van der Waals surface area (Å²) < 4.78 is 0. The Morgan fingerprint density at radius 2 is 2.24 bits per heavy atom. The van der Waals surface area contributed by atoms with Crippen molar-refractivity contribution in [1.82, 2.24) is 15.2 Å². The third kappa shape index (κ3) is 3.56. The van der Waals surface area contributed by atoms with E-state index < -0.39 is 0 Å². The standard InChI is InChI=1S/C13H16N6O2/c1-3-15-21-8-9-6-4-5-7-10(9)11(19-20-2)12-16-13(14)18-17-12/h3-7H,8H2,1-2H3,(H3,14,16,17,18)/b15-3-,19-11+. The van der Waals surface area contributed by atoms with Crippen LogP contribution in [0.2, 0.25) is 0 Å². The molecule has 3 N–H and O–H groups in total. The molecule has 1 aromatic carbocycles. The zero-order valence-corrected chi connectivity index (χ0v) is 11.8. The zero-order valence-electron chi connectivity index (χ0n) is 11.8. The van der Waals surface area contributed by atoms with Crippen molar-refractivity contribution in [2.24, 2.45) is 10.3 Å². The summed E-state index contributed by atoms with van der Waals surface area (Å²) in [4.78, 5) is 14.1. The number of aromatic nitrogens is 3. The maximum atomic E-state index is 5.53. The van der Waals surface area contributed by atoms with E-state index in [9.17, 15) is 0 Å². The molecule has 8 heteroatoms. The third-order valence-corrected chi connectivity index (χ3v) is 2.58. The molecule has 0 aliphatic heterocycles. The lowest BCUT2D eigenvalue weighted by molar-refractivity contribution is 0.131. The second kappa shape index (κ2) is 7.04. The van der Waals surface area contributed by atoms with Crippen LogP contribution in [0.15, 0.2) is 34.6 Å². The maximum Gasteiger partial charge on any atom is 0.239 e. The van der Waals surface area contributed by atoms with Gasteiger partial charge in [-0.2, -0.15) is 4.98 Å². The molecule has 0 fully saturated rings. The Kier molecular flexibility index (Phi) is 4.86. The maximum absolute atomic E-state index is 5.53. The zero-order chi connectivity index (χ0) is 15.1. The summed E-state index contributed by atoms with van der Waals surface area (Å²) in [5, 5.41) is 14.3. The molecule has 0 aliphatic rings. The number of nitrogens with zero attached hydrogens (tertiary/aromatic N) is 4. The van der Waals surface area contributed by atoms with E-state index >= 15 is 0 Å². The molecule has 0 amide bonds. The molecule has 1 aromatic heterocycles. The molecule has 0 bridgehead atoms. The molecule has 0 atom stereocenters. The molecule has 0 spiro atoms. The van der Waals surface area contributed by atoms with E-state index in [1.165, 1.54) is 7.11 Å². The highest BCUT2D eigenvalue weighted by Crippen LogP contribution is 2.15. The molecule has 1 heterocycles. The van der Waals surface area contributed by atoms with Gasteiger partial charge < -0.3 is 15.4 Å². The molecular formula is C13H16N6O2. The molecule has 0 unspecified atom stereocenters. The molecule has 21 heavy (non-hydrogen) atoms. The van der Waals surface area contributed by atoms with E-state index in [2.05, 4.69) is 25.5 Å². The summed E-state index contributed by atoms with van der Waals surface area (Å²) >= 11 is 0. The van der Waals surface area contributed by atoms with Crippen LogP contribution in [0.4, 0.5) is 5.95 Å². The summed E-state index contributed by atoms with van der Waals surface area (Å²) in [5.74, 6) is 0.555. The smallest absolute Gasteiger partial charge is 0.239 e. The molecule has 8 nitrogen and oxygen atoms in total. The van der Waals surface area contributed by atoms with Gasteiger partial charge in [0.2, 0.25) is 5.95 Å². The van der Waals surface area contributed by atoms with Crippen LogP contribution in [-0.2, 0) is 16.3 Å². The first-order valence-electron chi connectivity index (χ1n) is 6.24. The number of nitrogens with two attached hydrogens (primary N) is 1. The van der Waals surface area contributed by atoms with Gasteiger partial charge in [-0.15, -0.1) is 5.10 Å². The Hall–Kier alpha value is -2.90. The first kappa shape index (κ1) is 14.5. The fraction of sp³-hybridized carbons (Fsp3) is 0.231. The van der Waals surface area contributed by atoms with Crippen LogP contribution >= 0.6 is 0 Å². The number of rotatable bonds is 6. The van der Waals surface area contributed by atoms with Crippen LogP contribution in [0.5, 0.6) is 0 Å². The van der Waals surface area contributed by atoms with Crippen molar-refractivity contribution < 1.29 is 9.68 Å². The number of hydrogen-bond donors (Lipinski definition) is 2. The Bertz CT molecular complexity index is 650. The minimum absolute atomic E-state index is 0.137. The minimum Gasteiger partial charge on any atom is -0.399 e. The van der Waals surface area contributed by atoms with E-state index in [-0.39, 0.29) is 5.95 Å². The van der Waals surface area contributed by atoms with Gasteiger partial charge in [0.25, 0.3) is 0 Å². The Balaban J connectivity index is 2.39. The van der Waals surface area contributed by atoms with Crippen LogP contribution < -0.4 is 5.73 Å². The highest BCUT2D eigenvalue weighted by atomic mass is 16.6. The van der Waals surface area contributed by atoms with E-state index in [1.807, 2.05) is 24.3 Å². The van der Waals surface area contributed by atoms with Gasteiger partial charge in [0.15, 0.2) is 11.5 Å². The molecule has 0 saturated carbocycles. The fourth-order valence-electron chi connectivity index (χ4n) is 1.75. The third-order valence-electron chi connectivity index (χ3n) is 2.58. The van der Waals surface area contributed by atoms with Crippen molar-refractivity contribution >= 4 is 17.9 Å². The quantitative estimate of drug-likeness (QED) is 0.615. The monoisotopic (exact) mass is 288 g/mol. The van der Waals surface area contributed by atoms with Gasteiger partial charge in [-0.1, -0.05) is 34.6 Å². The predicted molar refractivity (Wildman–Crippen MR) is 78.8 cm³/mol. The minimum atomic E-state index is 0.137. The van der Waals surface area contributed by atoms with Gasteiger partial charge in [-0.25, -0.2) is 0 Å². The first-order chi connectivity index (χ1) is 10.3. The Labute approximate surface area is 121 Å². The largest absolute Gasteiger partial charge is 0.399 e. The lowest BCUT2D eigenvalue weighted by atomic mass is 10.0. The normalized spacial score (nSPS) is 11.8. The first-order valence-corrected chi connectivity index (χ1v) is 6.24. The molecule has 0 aliphatic carbocycles. The average molecular weight is 288 g/mol. The molecule has 0 radical (unpaired) electrons. The summed E-state index contributed by atoms with van der Waals surface area (Å²) in [5.41, 5.74) is 7.70. The fourth-order valence-corrected chi connectivity index (χ4v) is 1.75. The highest BCUT2D eigenvalue weighted by molar-refractivity contribution is 6.11. The predicted octanol–water partition coefficient (Wildman–Crippen LogP) is 1.31. The van der Waals surface area contributed by atoms with E-state index in [0.29, 0.717) is 18.1 Å². The van der Waals surface area contributed by atoms with Crippen molar-refractivity contribution in [3.8, 4) is 0 Å². The van der Waals surface area contributed by atoms with Gasteiger partial charge in [-0.3, -0.25) is 5.10 Å². The van der Waals surface area contributed by atoms with E-state index in [0.717, 1.165) is 11.1 Å². The van der Waals surface area contributed by atoms with Crippen molar-refractivity contribution in [1.29, 1.82) is 0 Å². The van der Waals surface area contributed by atoms with Crippen LogP contribution in [0.1, 0.15) is 23.9 Å². The van der Waals surface area contributed by atoms with Gasteiger partial charge in [0, 0.05) is 17.3 Å². The lowest BCUT2D eigenvalue weighted by Gasteiger charge is -2.08. The Morgan fingerprint density at radius 3 is 2.90 bits per heavy atom. The van der Waals surface area contributed by atoms with Crippen molar-refractivity contribution in [3.63, 3.8) is 0 Å². The molecule has 0 saturated heterocycles. The van der Waals surface area contributed by atoms with Gasteiger partial charge in [0.1, 0.15) is 13.7 Å². The number of nitrogens with one attached hydrogen (secondary N) is 1. The summed E-state index contributed by atoms with van der Waals surface area (Å²) in [6, 6.07) is 7.57.